The average Bonchev–Trinajstić information content (AvgIpc) is 2.78. The molecule has 6 nitrogen and oxygen atoms in total. The quantitative estimate of drug-likeness (QED) is 0.736. The van der Waals surface area contributed by atoms with Gasteiger partial charge in [0.15, 0.2) is 0 Å². The largest absolute Gasteiger partial charge is 0.378 e. The molecule has 1 unspecified atom stereocenters. The van der Waals surface area contributed by atoms with E-state index < -0.39 is 0 Å². The molecular formula is C24H31FN4O2. The van der Waals surface area contributed by atoms with Gasteiger partial charge < -0.3 is 9.64 Å². The number of benzene rings is 1. The summed E-state index contributed by atoms with van der Waals surface area (Å²) in [5.74, 6) is 1.03. The molecule has 2 aromatic rings. The molecule has 7 heteroatoms. The number of rotatable bonds is 5. The molecule has 2 fully saturated rings. The van der Waals surface area contributed by atoms with Crippen LogP contribution in [0.25, 0.3) is 0 Å². The first-order chi connectivity index (χ1) is 15.0. The Hall–Kier alpha value is -2.38. The zero-order valence-corrected chi connectivity index (χ0v) is 18.4. The number of carbonyl (C=O) groups is 1. The van der Waals surface area contributed by atoms with Crippen LogP contribution >= 0.6 is 0 Å². The normalized spacial score (nSPS) is 20.1. The molecule has 0 bridgehead atoms. The lowest BCUT2D eigenvalue weighted by Crippen LogP contribution is -2.41. The highest BCUT2D eigenvalue weighted by molar-refractivity contribution is 5.79. The highest BCUT2D eigenvalue weighted by Gasteiger charge is 2.26. The van der Waals surface area contributed by atoms with Crippen molar-refractivity contribution in [3.05, 3.63) is 58.4 Å². The van der Waals surface area contributed by atoms with Crippen molar-refractivity contribution in [2.24, 2.45) is 0 Å². The van der Waals surface area contributed by atoms with Crippen molar-refractivity contribution in [1.82, 2.24) is 19.8 Å². The van der Waals surface area contributed by atoms with E-state index in [9.17, 15) is 9.18 Å². The molecule has 2 saturated heterocycles. The smallest absolute Gasteiger partial charge is 0.227 e. The van der Waals surface area contributed by atoms with Gasteiger partial charge in [-0.15, -0.1) is 0 Å². The minimum atomic E-state index is -0.151. The SMILES string of the molecule is Cc1nc(C2CCCN(Cc3ccccc3F)C2)nc(C)c1CC(=O)N1CCOCC1. The van der Waals surface area contributed by atoms with E-state index in [0.29, 0.717) is 39.3 Å². The van der Waals surface area contributed by atoms with Gasteiger partial charge in [-0.25, -0.2) is 14.4 Å². The number of hydrogen-bond acceptors (Lipinski definition) is 5. The van der Waals surface area contributed by atoms with Crippen LogP contribution in [0.2, 0.25) is 0 Å². The number of morpholine rings is 1. The minimum absolute atomic E-state index is 0.111. The number of aromatic nitrogens is 2. The van der Waals surface area contributed by atoms with Crippen LogP contribution in [0.4, 0.5) is 4.39 Å². The molecule has 0 saturated carbocycles. The molecule has 31 heavy (non-hydrogen) atoms. The maximum Gasteiger partial charge on any atom is 0.227 e. The lowest BCUT2D eigenvalue weighted by molar-refractivity contribution is -0.134. The molecule has 4 rings (SSSR count). The first-order valence-corrected chi connectivity index (χ1v) is 11.2. The van der Waals surface area contributed by atoms with Crippen LogP contribution < -0.4 is 0 Å². The van der Waals surface area contributed by atoms with Crippen molar-refractivity contribution in [1.29, 1.82) is 0 Å². The van der Waals surface area contributed by atoms with Gasteiger partial charge in [0.05, 0.1) is 19.6 Å². The van der Waals surface area contributed by atoms with Crippen molar-refractivity contribution < 1.29 is 13.9 Å². The Labute approximate surface area is 183 Å². The zero-order valence-electron chi connectivity index (χ0n) is 18.4. The first kappa shape index (κ1) is 21.8. The Morgan fingerprint density at radius 1 is 1.13 bits per heavy atom. The Morgan fingerprint density at radius 3 is 2.55 bits per heavy atom. The second kappa shape index (κ2) is 9.83. The van der Waals surface area contributed by atoms with Gasteiger partial charge in [-0.2, -0.15) is 0 Å². The van der Waals surface area contributed by atoms with E-state index in [-0.39, 0.29) is 17.6 Å². The standard InChI is InChI=1S/C24H31FN4O2/c1-17-21(14-23(30)29-10-12-31-13-11-29)18(2)27-24(26-17)20-7-5-9-28(16-20)15-19-6-3-4-8-22(19)25/h3-4,6,8,20H,5,7,9-16H2,1-2H3. The third kappa shape index (κ3) is 5.28. The van der Waals surface area contributed by atoms with E-state index in [2.05, 4.69) is 4.90 Å². The lowest BCUT2D eigenvalue weighted by Gasteiger charge is -2.32. The van der Waals surface area contributed by atoms with Crippen molar-refractivity contribution in [3.8, 4) is 0 Å². The van der Waals surface area contributed by atoms with E-state index in [4.69, 9.17) is 14.7 Å². The van der Waals surface area contributed by atoms with E-state index in [1.807, 2.05) is 30.9 Å². The monoisotopic (exact) mass is 426 g/mol. The molecule has 1 atom stereocenters. The summed E-state index contributed by atoms with van der Waals surface area (Å²) in [6.07, 6.45) is 2.40. The summed E-state index contributed by atoms with van der Waals surface area (Å²) in [6.45, 7) is 8.82. The fourth-order valence-corrected chi connectivity index (χ4v) is 4.56. The van der Waals surface area contributed by atoms with Crippen molar-refractivity contribution in [2.75, 3.05) is 39.4 Å². The van der Waals surface area contributed by atoms with E-state index in [1.54, 1.807) is 6.07 Å². The van der Waals surface area contributed by atoms with Gasteiger partial charge in [0.25, 0.3) is 0 Å². The molecule has 1 aromatic carbocycles. The Balaban J connectivity index is 1.44. The fraction of sp³-hybridized carbons (Fsp3) is 0.542. The number of piperidine rings is 1. The number of carbonyl (C=O) groups excluding carboxylic acids is 1. The maximum absolute atomic E-state index is 14.1. The Bertz CT molecular complexity index is 907. The zero-order chi connectivity index (χ0) is 21.8. The fourth-order valence-electron chi connectivity index (χ4n) is 4.56. The molecule has 2 aliphatic rings. The summed E-state index contributed by atoms with van der Waals surface area (Å²) in [6, 6.07) is 6.97. The van der Waals surface area contributed by atoms with Crippen LogP contribution in [0.1, 0.15) is 47.1 Å². The molecule has 3 heterocycles. The van der Waals surface area contributed by atoms with Gasteiger partial charge in [-0.1, -0.05) is 18.2 Å². The third-order valence-electron chi connectivity index (χ3n) is 6.35. The highest BCUT2D eigenvalue weighted by atomic mass is 19.1. The van der Waals surface area contributed by atoms with Gasteiger partial charge in [0, 0.05) is 54.6 Å². The molecule has 166 valence electrons. The summed E-state index contributed by atoms with van der Waals surface area (Å²) in [7, 11) is 0. The number of halogens is 1. The molecule has 1 amide bonds. The highest BCUT2D eigenvalue weighted by Crippen LogP contribution is 2.27. The summed E-state index contributed by atoms with van der Waals surface area (Å²) < 4.78 is 19.4. The number of hydrogen-bond donors (Lipinski definition) is 0. The lowest BCUT2D eigenvalue weighted by atomic mass is 9.95. The molecule has 0 radical (unpaired) electrons. The minimum Gasteiger partial charge on any atom is -0.378 e. The van der Waals surface area contributed by atoms with Crippen molar-refractivity contribution >= 4 is 5.91 Å². The molecule has 0 spiro atoms. The Kier molecular flexibility index (Phi) is 6.92. The van der Waals surface area contributed by atoms with Gasteiger partial charge in [0.2, 0.25) is 5.91 Å². The van der Waals surface area contributed by atoms with Gasteiger partial charge in [-0.05, 0) is 39.3 Å². The summed E-state index contributed by atoms with van der Waals surface area (Å²) in [5, 5.41) is 0. The van der Waals surface area contributed by atoms with Crippen LogP contribution in [0.15, 0.2) is 24.3 Å². The molecule has 2 aliphatic heterocycles. The second-order valence-electron chi connectivity index (χ2n) is 8.57. The first-order valence-electron chi connectivity index (χ1n) is 11.2. The topological polar surface area (TPSA) is 58.6 Å². The van der Waals surface area contributed by atoms with Crippen LogP contribution in [0.5, 0.6) is 0 Å². The predicted octanol–water partition coefficient (Wildman–Crippen LogP) is 3.01. The van der Waals surface area contributed by atoms with Gasteiger partial charge >= 0.3 is 0 Å². The van der Waals surface area contributed by atoms with E-state index in [1.165, 1.54) is 6.07 Å². The Morgan fingerprint density at radius 2 is 1.84 bits per heavy atom. The van der Waals surface area contributed by atoms with Gasteiger partial charge in [0.1, 0.15) is 11.6 Å². The average molecular weight is 427 g/mol. The number of amides is 1. The van der Waals surface area contributed by atoms with E-state index in [0.717, 1.165) is 54.3 Å². The molecule has 1 aromatic heterocycles. The van der Waals surface area contributed by atoms with Crippen LogP contribution in [0.3, 0.4) is 0 Å². The third-order valence-corrected chi connectivity index (χ3v) is 6.35. The summed E-state index contributed by atoms with van der Waals surface area (Å²) in [5.41, 5.74) is 3.43. The second-order valence-corrected chi connectivity index (χ2v) is 8.57. The number of aryl methyl sites for hydroxylation is 2. The van der Waals surface area contributed by atoms with Crippen LogP contribution in [0, 0.1) is 19.7 Å². The van der Waals surface area contributed by atoms with Gasteiger partial charge in [-0.3, -0.25) is 9.69 Å². The van der Waals surface area contributed by atoms with Crippen molar-refractivity contribution in [2.45, 2.75) is 45.6 Å². The molecule has 0 N–H and O–H groups in total. The maximum atomic E-state index is 14.1. The van der Waals surface area contributed by atoms with Crippen LogP contribution in [-0.2, 0) is 22.5 Å². The number of likely N-dealkylation sites (tertiary alicyclic amines) is 1. The molecular weight excluding hydrogens is 395 g/mol. The number of nitrogens with zero attached hydrogens (tertiary/aromatic N) is 4. The summed E-state index contributed by atoms with van der Waals surface area (Å²) in [4.78, 5) is 26.4. The molecule has 0 aliphatic carbocycles. The van der Waals surface area contributed by atoms with Crippen LogP contribution in [-0.4, -0.2) is 65.1 Å². The number of ether oxygens (including phenoxy) is 1. The predicted molar refractivity (Wildman–Crippen MR) is 116 cm³/mol. The van der Waals surface area contributed by atoms with E-state index >= 15 is 0 Å². The van der Waals surface area contributed by atoms with Crippen molar-refractivity contribution in [3.63, 3.8) is 0 Å². The summed E-state index contributed by atoms with van der Waals surface area (Å²) >= 11 is 0.